The van der Waals surface area contributed by atoms with Crippen LogP contribution < -0.4 is 15.0 Å². The number of thiazole rings is 1. The largest absolute Gasteiger partial charge is 0.457 e. The number of anilines is 2. The van der Waals surface area contributed by atoms with Gasteiger partial charge in [0.05, 0.1) is 28.7 Å². The van der Waals surface area contributed by atoms with Crippen molar-refractivity contribution in [3.63, 3.8) is 0 Å². The second-order valence-electron chi connectivity index (χ2n) is 11.8. The highest BCUT2D eigenvalue weighted by Crippen LogP contribution is 2.48. The van der Waals surface area contributed by atoms with Crippen LogP contribution in [0.1, 0.15) is 28.9 Å². The second-order valence-corrected chi connectivity index (χ2v) is 14.7. The van der Waals surface area contributed by atoms with Gasteiger partial charge in [-0.15, -0.1) is 11.3 Å². The van der Waals surface area contributed by atoms with Crippen molar-refractivity contribution in [2.75, 3.05) is 36.9 Å². The van der Waals surface area contributed by atoms with Gasteiger partial charge < -0.3 is 15.0 Å². The lowest BCUT2D eigenvalue weighted by Gasteiger charge is -2.38. The van der Waals surface area contributed by atoms with Gasteiger partial charge in [-0.25, -0.2) is 17.7 Å². The number of para-hydroxylation sites is 2. The molecule has 270 valence electrons. The summed E-state index contributed by atoms with van der Waals surface area (Å²) >= 11 is 1.15. The number of hydrogen-bond acceptors (Lipinski definition) is 11. The molecule has 1 atom stereocenters. The number of nitro benzene ring substituents is 1. The number of nitro groups is 1. The van der Waals surface area contributed by atoms with Crippen molar-refractivity contribution < 1.29 is 36.0 Å². The predicted molar refractivity (Wildman–Crippen MR) is 187 cm³/mol. The highest BCUT2D eigenvalue weighted by molar-refractivity contribution is 7.89. The molecule has 1 fully saturated rings. The van der Waals surface area contributed by atoms with Gasteiger partial charge >= 0.3 is 6.18 Å². The van der Waals surface area contributed by atoms with E-state index in [4.69, 9.17) is 4.74 Å². The summed E-state index contributed by atoms with van der Waals surface area (Å²) in [6.07, 6.45) is -1.18. The zero-order chi connectivity index (χ0) is 37.0. The first-order chi connectivity index (χ1) is 24.8. The van der Waals surface area contributed by atoms with Crippen molar-refractivity contribution in [2.24, 2.45) is 5.92 Å². The first kappa shape index (κ1) is 36.3. The fraction of sp³-hybridized carbons (Fsp3) is 0.235. The number of nitrogens with zero attached hydrogens (tertiary/aromatic N) is 6. The maximum absolute atomic E-state index is 15.2. The number of rotatable bonds is 11. The van der Waals surface area contributed by atoms with Crippen molar-refractivity contribution in [3.05, 3.63) is 112 Å². The Bertz CT molecular complexity index is 2190. The van der Waals surface area contributed by atoms with E-state index >= 15 is 13.2 Å². The average Bonchev–Trinajstić information content (AvgIpc) is 3.63. The number of halogens is 3. The number of alkyl halides is 3. The lowest BCUT2D eigenvalue weighted by molar-refractivity contribution is -0.387. The zero-order valence-electron chi connectivity index (χ0n) is 27.4. The van der Waals surface area contributed by atoms with Crippen LogP contribution in [0.5, 0.6) is 11.5 Å². The molecule has 3 aromatic carbocycles. The van der Waals surface area contributed by atoms with Crippen LogP contribution in [-0.4, -0.2) is 65.4 Å². The lowest BCUT2D eigenvalue weighted by atomic mass is 9.96. The third kappa shape index (κ3) is 7.88. The van der Waals surface area contributed by atoms with Gasteiger partial charge in [0, 0.05) is 43.7 Å². The van der Waals surface area contributed by atoms with Crippen molar-refractivity contribution >= 4 is 44.3 Å². The second kappa shape index (κ2) is 15.0. The molecule has 0 aliphatic carbocycles. The summed E-state index contributed by atoms with van der Waals surface area (Å²) in [5, 5.41) is 23.7. The monoisotopic (exact) mass is 753 g/mol. The van der Waals surface area contributed by atoms with E-state index < -0.39 is 54.8 Å². The molecular formula is C34H30F3N7O6S2. The number of hydrogen-bond donors (Lipinski definition) is 1. The minimum Gasteiger partial charge on any atom is -0.457 e. The Morgan fingerprint density at radius 1 is 1.10 bits per heavy atom. The number of sulfonamides is 1. The molecule has 0 bridgehead atoms. The van der Waals surface area contributed by atoms with E-state index in [-0.39, 0.29) is 42.5 Å². The molecule has 5 aromatic rings. The Morgan fingerprint density at radius 3 is 2.56 bits per heavy atom. The summed E-state index contributed by atoms with van der Waals surface area (Å²) in [4.78, 5) is 29.6. The van der Waals surface area contributed by atoms with Gasteiger partial charge in [-0.05, 0) is 55.2 Å². The number of piperidine rings is 1. The summed E-state index contributed by atoms with van der Waals surface area (Å²) in [6, 6.07) is 17.0. The fourth-order valence-electron chi connectivity index (χ4n) is 5.96. The minimum atomic E-state index is -4.96. The number of carbonyl (C=O) groups excluding carboxylic acids is 1. The molecule has 0 saturated carbocycles. The van der Waals surface area contributed by atoms with E-state index in [0.717, 1.165) is 33.8 Å². The molecule has 1 aliphatic rings. The Labute approximate surface area is 299 Å². The quantitative estimate of drug-likeness (QED) is 0.109. The molecule has 0 unspecified atom stereocenters. The number of benzene rings is 3. The van der Waals surface area contributed by atoms with Gasteiger partial charge in [-0.1, -0.05) is 30.3 Å². The van der Waals surface area contributed by atoms with Gasteiger partial charge in [-0.2, -0.15) is 23.4 Å². The number of nitrogens with one attached hydrogen (secondary N) is 1. The van der Waals surface area contributed by atoms with Crippen LogP contribution in [-0.2, 0) is 16.2 Å². The fourth-order valence-corrected chi connectivity index (χ4v) is 8.15. The lowest BCUT2D eigenvalue weighted by Crippen LogP contribution is -2.42. The van der Waals surface area contributed by atoms with Gasteiger partial charge in [0.15, 0.2) is 4.90 Å². The first-order valence-electron chi connectivity index (χ1n) is 15.8. The number of amides is 1. The molecule has 0 radical (unpaired) electrons. The van der Waals surface area contributed by atoms with Crippen LogP contribution in [0.15, 0.2) is 95.5 Å². The molecule has 18 heteroatoms. The molecule has 2 aromatic heterocycles. The highest BCUT2D eigenvalue weighted by Gasteiger charge is 2.42. The third-order valence-corrected chi connectivity index (χ3v) is 11.1. The maximum atomic E-state index is 15.2. The maximum Gasteiger partial charge on any atom is 0.422 e. The van der Waals surface area contributed by atoms with E-state index in [1.807, 2.05) is 0 Å². The minimum absolute atomic E-state index is 0.0284. The van der Waals surface area contributed by atoms with E-state index in [9.17, 15) is 23.3 Å². The summed E-state index contributed by atoms with van der Waals surface area (Å²) in [5.41, 5.74) is -1.64. The molecule has 3 heterocycles. The van der Waals surface area contributed by atoms with E-state index in [2.05, 4.69) is 20.5 Å². The highest BCUT2D eigenvalue weighted by atomic mass is 32.2. The topological polar surface area (TPSA) is 161 Å². The summed E-state index contributed by atoms with van der Waals surface area (Å²) in [6.45, 7) is -0.0271. The van der Waals surface area contributed by atoms with Crippen molar-refractivity contribution in [1.82, 2.24) is 19.5 Å². The molecule has 1 saturated heterocycles. The van der Waals surface area contributed by atoms with Crippen molar-refractivity contribution in [3.8, 4) is 22.1 Å². The van der Waals surface area contributed by atoms with Gasteiger partial charge in [0.1, 0.15) is 27.8 Å². The number of ether oxygens (including phenoxy) is 1. The van der Waals surface area contributed by atoms with Crippen LogP contribution in [0.4, 0.5) is 30.2 Å². The molecule has 1 N–H and O–H groups in total. The van der Waals surface area contributed by atoms with E-state index in [1.165, 1.54) is 60.1 Å². The molecule has 13 nitrogen and oxygen atoms in total. The molecule has 0 spiro atoms. The van der Waals surface area contributed by atoms with Gasteiger partial charge in [-0.3, -0.25) is 14.9 Å². The molecule has 52 heavy (non-hydrogen) atoms. The molecule has 6 rings (SSSR count). The van der Waals surface area contributed by atoms with Crippen LogP contribution in [0.3, 0.4) is 0 Å². The number of carbonyl (C=O) groups is 1. The predicted octanol–water partition coefficient (Wildman–Crippen LogP) is 7.11. The van der Waals surface area contributed by atoms with Crippen molar-refractivity contribution in [1.29, 1.82) is 0 Å². The molecular weight excluding hydrogens is 724 g/mol. The van der Waals surface area contributed by atoms with Gasteiger partial charge in [0.25, 0.3) is 11.6 Å². The van der Waals surface area contributed by atoms with Crippen LogP contribution >= 0.6 is 11.3 Å². The van der Waals surface area contributed by atoms with E-state index in [0.29, 0.717) is 23.4 Å². The van der Waals surface area contributed by atoms with Crippen LogP contribution in [0, 0.1) is 16.0 Å². The van der Waals surface area contributed by atoms with Crippen molar-refractivity contribution in [2.45, 2.75) is 23.9 Å². The summed E-state index contributed by atoms with van der Waals surface area (Å²) in [5.74, 6) is -1.57. The Kier molecular flexibility index (Phi) is 10.5. The third-order valence-electron chi connectivity index (χ3n) is 8.31. The Morgan fingerprint density at radius 2 is 1.85 bits per heavy atom. The Balaban J connectivity index is 1.35. The smallest absolute Gasteiger partial charge is 0.422 e. The Hall–Kier alpha value is -5.46. The van der Waals surface area contributed by atoms with Crippen LogP contribution in [0.2, 0.25) is 0 Å². The molecule has 1 amide bonds. The van der Waals surface area contributed by atoms with Crippen LogP contribution in [0.25, 0.3) is 10.6 Å². The summed E-state index contributed by atoms with van der Waals surface area (Å²) in [7, 11) is -3.06. The molecule has 1 aliphatic heterocycles. The van der Waals surface area contributed by atoms with Gasteiger partial charge in [0.2, 0.25) is 10.0 Å². The standard InChI is InChI=1S/C34H30F3N7O6S2/c1-42(52(48,49)29-12-6-5-11-27(29)44(46)47)19-22-8-7-17-43(20-22)31-25(40-32(45)26-21-51-33(41-26)23-15-16-38-39-18-23)13-14-28(30(31)34(35,36)37)50-24-9-3-2-4-10-24/h2-6,9-16,18,21-22H,7-8,17,19-20H2,1H3,(H,40,45)/t22-/m1/s1. The zero-order valence-corrected chi connectivity index (χ0v) is 29.0. The van der Waals surface area contributed by atoms with E-state index in [1.54, 1.807) is 24.3 Å². The normalized spacial score (nSPS) is 15.0. The first-order valence-corrected chi connectivity index (χ1v) is 18.1. The number of aromatic nitrogens is 3. The SMILES string of the molecule is CN(C[C@H]1CCCN(c2c(NC(=O)c3csc(-c4ccnnc4)n3)ccc(Oc3ccccc3)c2C(F)(F)F)C1)S(=O)(=O)c1ccccc1[N+](=O)[O-]. The summed E-state index contributed by atoms with van der Waals surface area (Å²) < 4.78 is 79.2. The average molecular weight is 754 g/mol.